The molecule has 0 bridgehead atoms. The number of hydrogen-bond donors (Lipinski definition) is 1. The summed E-state index contributed by atoms with van der Waals surface area (Å²) >= 11 is 0. The van der Waals surface area contributed by atoms with Crippen LogP contribution < -0.4 is 10.6 Å². The van der Waals surface area contributed by atoms with E-state index >= 15 is 0 Å². The van der Waals surface area contributed by atoms with E-state index in [0.29, 0.717) is 25.1 Å². The number of anilines is 1. The number of urea groups is 1. The van der Waals surface area contributed by atoms with E-state index in [-0.39, 0.29) is 24.5 Å². The van der Waals surface area contributed by atoms with Gasteiger partial charge in [-0.05, 0) is 23.8 Å². The van der Waals surface area contributed by atoms with Crippen LogP contribution in [0.3, 0.4) is 0 Å². The van der Waals surface area contributed by atoms with Crippen molar-refractivity contribution in [2.24, 2.45) is 10.8 Å². The van der Waals surface area contributed by atoms with Crippen LogP contribution in [0.15, 0.2) is 35.6 Å². The van der Waals surface area contributed by atoms with Crippen LogP contribution in [0.25, 0.3) is 0 Å². The Balaban J connectivity index is 1.45. The lowest BCUT2D eigenvalue weighted by Gasteiger charge is -2.38. The molecule has 11 heteroatoms. The number of pyridine rings is 1. The molecule has 1 unspecified atom stereocenters. The Morgan fingerprint density at radius 1 is 1.00 bits per heavy atom. The van der Waals surface area contributed by atoms with E-state index < -0.39 is 35.4 Å². The maximum Gasteiger partial charge on any atom is 0.341 e. The Kier molecular flexibility index (Phi) is 5.49. The molecule has 0 aliphatic carbocycles. The van der Waals surface area contributed by atoms with E-state index in [0.717, 1.165) is 12.3 Å². The minimum atomic E-state index is -0.762. The molecule has 2 N–H and O–H groups in total. The molecule has 4 rings (SSSR count). The first-order valence-electron chi connectivity index (χ1n) is 9.60. The van der Waals surface area contributed by atoms with Gasteiger partial charge in [0.2, 0.25) is 0 Å². The van der Waals surface area contributed by atoms with Crippen molar-refractivity contribution in [1.29, 1.82) is 0 Å². The second-order valence-electron chi connectivity index (χ2n) is 7.24. The number of halogens is 3. The zero-order valence-corrected chi connectivity index (χ0v) is 16.3. The van der Waals surface area contributed by atoms with E-state index in [2.05, 4.69) is 10.1 Å². The monoisotopic (exact) mass is 432 g/mol. The summed E-state index contributed by atoms with van der Waals surface area (Å²) in [6.07, 6.45) is 2.81. The molecule has 3 heterocycles. The fourth-order valence-electron chi connectivity index (χ4n) is 3.73. The highest BCUT2D eigenvalue weighted by Crippen LogP contribution is 2.31. The van der Waals surface area contributed by atoms with Crippen molar-refractivity contribution in [3.05, 3.63) is 59.2 Å². The molecule has 1 atom stereocenters. The lowest BCUT2D eigenvalue weighted by atomic mass is 10.0. The molecule has 8 nitrogen and oxygen atoms in total. The molecule has 31 heavy (non-hydrogen) atoms. The maximum atomic E-state index is 14.2. The van der Waals surface area contributed by atoms with Gasteiger partial charge < -0.3 is 15.5 Å². The van der Waals surface area contributed by atoms with Gasteiger partial charge >= 0.3 is 6.03 Å². The van der Waals surface area contributed by atoms with Crippen LogP contribution in [-0.2, 0) is 0 Å². The summed E-state index contributed by atoms with van der Waals surface area (Å²) in [6.45, 7) is 1.15. The van der Waals surface area contributed by atoms with E-state index in [1.165, 1.54) is 34.3 Å². The van der Waals surface area contributed by atoms with Crippen molar-refractivity contribution in [2.45, 2.75) is 12.5 Å². The predicted molar refractivity (Wildman–Crippen MR) is 106 cm³/mol. The topological polar surface area (TPSA) is 95.1 Å². The number of primary amides is 1. The van der Waals surface area contributed by atoms with Crippen LogP contribution in [0.5, 0.6) is 0 Å². The third-order valence-corrected chi connectivity index (χ3v) is 5.27. The number of amides is 3. The zero-order valence-electron chi connectivity index (χ0n) is 16.3. The normalized spacial score (nSPS) is 18.5. The van der Waals surface area contributed by atoms with E-state index in [1.807, 2.05) is 0 Å². The summed E-state index contributed by atoms with van der Waals surface area (Å²) in [7, 11) is 0. The van der Waals surface area contributed by atoms with Gasteiger partial charge in [-0.3, -0.25) is 4.79 Å². The predicted octanol–water partition coefficient (Wildman–Crippen LogP) is 2.27. The van der Waals surface area contributed by atoms with Crippen LogP contribution in [0.1, 0.15) is 28.5 Å². The van der Waals surface area contributed by atoms with Crippen molar-refractivity contribution < 1.29 is 22.8 Å². The van der Waals surface area contributed by atoms with Crippen molar-refractivity contribution in [2.75, 3.05) is 31.1 Å². The minimum Gasteiger partial charge on any atom is -0.366 e. The molecule has 0 saturated carbocycles. The zero-order chi connectivity index (χ0) is 22.1. The lowest BCUT2D eigenvalue weighted by molar-refractivity contribution is 0.0995. The Morgan fingerprint density at radius 3 is 2.32 bits per heavy atom. The van der Waals surface area contributed by atoms with Gasteiger partial charge in [-0.15, -0.1) is 0 Å². The first-order chi connectivity index (χ1) is 14.8. The number of nitrogens with two attached hydrogens (primary N) is 1. The van der Waals surface area contributed by atoms with Crippen molar-refractivity contribution in [3.63, 3.8) is 0 Å². The summed E-state index contributed by atoms with van der Waals surface area (Å²) in [5.74, 6) is -2.81. The highest BCUT2D eigenvalue weighted by Gasteiger charge is 2.34. The average molecular weight is 432 g/mol. The van der Waals surface area contributed by atoms with Crippen LogP contribution in [0, 0.1) is 17.5 Å². The number of carbonyl (C=O) groups excluding carboxylic acids is 2. The van der Waals surface area contributed by atoms with Crippen LogP contribution in [0.2, 0.25) is 0 Å². The van der Waals surface area contributed by atoms with Crippen molar-refractivity contribution in [3.8, 4) is 0 Å². The maximum absolute atomic E-state index is 14.2. The van der Waals surface area contributed by atoms with Gasteiger partial charge in [-0.25, -0.2) is 28.0 Å². The molecule has 1 aromatic heterocycles. The second kappa shape index (κ2) is 8.25. The molecule has 0 spiro atoms. The molecule has 2 aromatic rings. The van der Waals surface area contributed by atoms with Gasteiger partial charge in [0.05, 0.1) is 17.9 Å². The largest absolute Gasteiger partial charge is 0.366 e. The Morgan fingerprint density at radius 2 is 1.68 bits per heavy atom. The molecule has 3 amide bonds. The first-order valence-corrected chi connectivity index (χ1v) is 9.60. The SMILES string of the molecule is NC(=O)c1cc(N2CCN(C(=O)N3N=CCC3c3cc(F)cc(F)c3)CC2)c(F)cn1. The number of aromatic nitrogens is 1. The molecule has 1 aromatic carbocycles. The highest BCUT2D eigenvalue weighted by molar-refractivity contribution is 5.91. The molecular weight excluding hydrogens is 413 g/mol. The number of piperazine rings is 1. The Hall–Kier alpha value is -3.63. The van der Waals surface area contributed by atoms with Crippen molar-refractivity contribution in [1.82, 2.24) is 14.9 Å². The van der Waals surface area contributed by atoms with Crippen LogP contribution in [-0.4, -0.2) is 59.2 Å². The van der Waals surface area contributed by atoms with Gasteiger partial charge in [-0.1, -0.05) is 0 Å². The Bertz CT molecular complexity index is 1030. The fourth-order valence-corrected chi connectivity index (χ4v) is 3.73. The number of benzene rings is 1. The molecule has 162 valence electrons. The summed E-state index contributed by atoms with van der Waals surface area (Å²) in [6, 6.07) is 3.41. The summed E-state index contributed by atoms with van der Waals surface area (Å²) < 4.78 is 41.4. The standard InChI is InChI=1S/C20H19F3N6O2/c21-13-7-12(8-14(22)9-13)17-1-2-26-29(17)20(31)28-5-3-27(4-6-28)18-10-16(19(24)30)25-11-15(18)23/h2,7-11,17H,1,3-6H2,(H2,24,30). The third kappa shape index (κ3) is 4.16. The molecular formula is C20H19F3N6O2. The van der Waals surface area contributed by atoms with Crippen LogP contribution in [0.4, 0.5) is 23.7 Å². The number of nitrogens with zero attached hydrogens (tertiary/aromatic N) is 5. The van der Waals surface area contributed by atoms with Crippen LogP contribution >= 0.6 is 0 Å². The van der Waals surface area contributed by atoms with Gasteiger partial charge in [0.1, 0.15) is 17.3 Å². The summed E-state index contributed by atoms with van der Waals surface area (Å²) in [5.41, 5.74) is 5.67. The fraction of sp³-hybridized carbons (Fsp3) is 0.300. The van der Waals surface area contributed by atoms with Gasteiger partial charge in [0, 0.05) is 44.9 Å². The number of rotatable bonds is 3. The summed E-state index contributed by atoms with van der Waals surface area (Å²) in [4.78, 5) is 31.2. The molecule has 1 fully saturated rings. The van der Waals surface area contributed by atoms with E-state index in [4.69, 9.17) is 5.73 Å². The van der Waals surface area contributed by atoms with Gasteiger partial charge in [-0.2, -0.15) is 5.10 Å². The quantitative estimate of drug-likeness (QED) is 0.805. The third-order valence-electron chi connectivity index (χ3n) is 5.27. The van der Waals surface area contributed by atoms with Gasteiger partial charge in [0.15, 0.2) is 5.82 Å². The van der Waals surface area contributed by atoms with E-state index in [9.17, 15) is 22.8 Å². The smallest absolute Gasteiger partial charge is 0.341 e. The minimum absolute atomic E-state index is 0.0496. The number of hydrazone groups is 1. The first kappa shape index (κ1) is 20.6. The molecule has 2 aliphatic rings. The van der Waals surface area contributed by atoms with E-state index in [1.54, 1.807) is 4.90 Å². The molecule has 2 aliphatic heterocycles. The lowest BCUT2D eigenvalue weighted by Crippen LogP contribution is -2.52. The molecule has 1 saturated heterocycles. The number of carbonyl (C=O) groups is 2. The highest BCUT2D eigenvalue weighted by atomic mass is 19.1. The average Bonchev–Trinajstić information content (AvgIpc) is 3.23. The number of hydrogen-bond acceptors (Lipinski definition) is 5. The molecule has 0 radical (unpaired) electrons. The summed E-state index contributed by atoms with van der Waals surface area (Å²) in [5, 5.41) is 5.30. The second-order valence-corrected chi connectivity index (χ2v) is 7.24. The Labute approximate surface area is 175 Å². The van der Waals surface area contributed by atoms with Gasteiger partial charge in [0.25, 0.3) is 5.91 Å². The van der Waals surface area contributed by atoms with Crippen molar-refractivity contribution >= 4 is 23.8 Å².